The lowest BCUT2D eigenvalue weighted by Crippen LogP contribution is -2.58. The Balaban J connectivity index is 2.92. The molecule has 0 amide bonds. The van der Waals surface area contributed by atoms with Crippen LogP contribution in [0.5, 0.6) is 0 Å². The van der Waals surface area contributed by atoms with Crippen molar-refractivity contribution in [2.45, 2.75) is 59.5 Å². The molecule has 1 N–H and O–H groups in total. The quantitative estimate of drug-likeness (QED) is 0.780. The van der Waals surface area contributed by atoms with Crippen LogP contribution in [-0.4, -0.2) is 36.1 Å². The summed E-state index contributed by atoms with van der Waals surface area (Å²) in [5.41, 5.74) is 2.93. The lowest BCUT2D eigenvalue weighted by Gasteiger charge is -2.44. The Bertz CT molecular complexity index is 394. The number of nitrogens with one attached hydrogen (secondary N) is 1. The summed E-state index contributed by atoms with van der Waals surface area (Å²) in [4.78, 5) is 2.55. The second kappa shape index (κ2) is 7.80. The minimum Gasteiger partial charge on any atom is -0.312 e. The van der Waals surface area contributed by atoms with E-state index >= 15 is 0 Å². The lowest BCUT2D eigenvalue weighted by molar-refractivity contribution is 0.0918. The van der Waals surface area contributed by atoms with Crippen LogP contribution in [0.1, 0.15) is 45.7 Å². The first-order chi connectivity index (χ1) is 9.45. The second-order valence-corrected chi connectivity index (χ2v) is 6.13. The second-order valence-electron chi connectivity index (χ2n) is 6.13. The molecule has 2 nitrogen and oxygen atoms in total. The lowest BCUT2D eigenvalue weighted by atomic mass is 9.87. The third-order valence-electron chi connectivity index (χ3n) is 4.40. The summed E-state index contributed by atoms with van der Waals surface area (Å²) in [6, 6.07) is 9.35. The molecule has 1 aromatic rings. The van der Waals surface area contributed by atoms with Crippen LogP contribution in [0.4, 0.5) is 0 Å². The molecule has 1 atom stereocenters. The van der Waals surface area contributed by atoms with Crippen molar-refractivity contribution in [3.05, 3.63) is 35.4 Å². The maximum atomic E-state index is 3.70. The normalized spacial score (nSPS) is 13.8. The van der Waals surface area contributed by atoms with Gasteiger partial charge in [0, 0.05) is 11.6 Å². The molecule has 0 saturated heterocycles. The number of likely N-dealkylation sites (N-methyl/N-ethyl adjacent to an activating group) is 2. The molecule has 1 unspecified atom stereocenters. The van der Waals surface area contributed by atoms with Crippen LogP contribution in [0, 0.1) is 6.92 Å². The van der Waals surface area contributed by atoms with Crippen LogP contribution < -0.4 is 5.32 Å². The van der Waals surface area contributed by atoms with E-state index in [0.717, 1.165) is 26.1 Å². The summed E-state index contributed by atoms with van der Waals surface area (Å²) in [5.74, 6) is 0. The molecule has 0 aliphatic carbocycles. The van der Waals surface area contributed by atoms with Crippen molar-refractivity contribution in [3.8, 4) is 0 Å². The van der Waals surface area contributed by atoms with Gasteiger partial charge in [0.05, 0.1) is 0 Å². The van der Waals surface area contributed by atoms with Crippen LogP contribution in [-0.2, 0) is 6.42 Å². The Labute approximate surface area is 125 Å². The highest BCUT2D eigenvalue weighted by Gasteiger charge is 2.33. The van der Waals surface area contributed by atoms with Crippen molar-refractivity contribution >= 4 is 0 Å². The van der Waals surface area contributed by atoms with Crippen LogP contribution in [0.25, 0.3) is 0 Å². The fourth-order valence-electron chi connectivity index (χ4n) is 3.15. The van der Waals surface area contributed by atoms with Crippen molar-refractivity contribution in [2.75, 3.05) is 19.6 Å². The van der Waals surface area contributed by atoms with Crippen molar-refractivity contribution in [1.29, 1.82) is 0 Å². The molecule has 114 valence electrons. The number of hydrogen-bond donors (Lipinski definition) is 1. The van der Waals surface area contributed by atoms with E-state index in [1.165, 1.54) is 11.1 Å². The first-order valence-electron chi connectivity index (χ1n) is 7.99. The molecule has 2 heteroatoms. The van der Waals surface area contributed by atoms with Gasteiger partial charge in [-0.05, 0) is 52.4 Å². The molecular weight excluding hydrogens is 244 g/mol. The number of hydrogen-bond acceptors (Lipinski definition) is 2. The molecule has 0 saturated carbocycles. The summed E-state index contributed by atoms with van der Waals surface area (Å²) < 4.78 is 0. The van der Waals surface area contributed by atoms with E-state index in [1.807, 2.05) is 0 Å². The predicted octanol–water partition coefficient (Wildman–Crippen LogP) is 3.64. The molecule has 0 radical (unpaired) electrons. The summed E-state index contributed by atoms with van der Waals surface area (Å²) in [6.07, 6.45) is 1.08. The van der Waals surface area contributed by atoms with Gasteiger partial charge in [0.25, 0.3) is 0 Å². The predicted molar refractivity (Wildman–Crippen MR) is 89.3 cm³/mol. The van der Waals surface area contributed by atoms with Crippen molar-refractivity contribution in [2.24, 2.45) is 0 Å². The fourth-order valence-corrected chi connectivity index (χ4v) is 3.15. The minimum absolute atomic E-state index is 0.156. The fraction of sp³-hybridized carbons (Fsp3) is 0.667. The number of nitrogens with zero attached hydrogens (tertiary/aromatic N) is 1. The van der Waals surface area contributed by atoms with Crippen LogP contribution in [0.3, 0.4) is 0 Å². The Hall–Kier alpha value is -0.860. The summed E-state index contributed by atoms with van der Waals surface area (Å²) in [5, 5.41) is 3.70. The maximum Gasteiger partial charge on any atom is 0.0309 e. The van der Waals surface area contributed by atoms with E-state index in [9.17, 15) is 0 Å². The van der Waals surface area contributed by atoms with Gasteiger partial charge in [-0.15, -0.1) is 0 Å². The van der Waals surface area contributed by atoms with E-state index in [2.05, 4.69) is 76.0 Å². The SMILES string of the molecule is CCNC(Cc1cccc(C)c1)C(C)(C)N(CC)CC. The standard InChI is InChI=1S/C18H32N2/c1-7-19-17(18(5,6)20(8-2)9-3)14-16-12-10-11-15(4)13-16/h10-13,17,19H,7-9,14H2,1-6H3. The first-order valence-corrected chi connectivity index (χ1v) is 7.99. The Morgan fingerprint density at radius 3 is 2.30 bits per heavy atom. The monoisotopic (exact) mass is 276 g/mol. The van der Waals surface area contributed by atoms with Gasteiger partial charge in [0.15, 0.2) is 0 Å². The maximum absolute atomic E-state index is 3.70. The zero-order valence-electron chi connectivity index (χ0n) is 14.2. The van der Waals surface area contributed by atoms with Crippen LogP contribution >= 0.6 is 0 Å². The highest BCUT2D eigenvalue weighted by atomic mass is 15.2. The van der Waals surface area contributed by atoms with E-state index in [0.29, 0.717) is 6.04 Å². The molecule has 0 spiro atoms. The van der Waals surface area contributed by atoms with E-state index < -0.39 is 0 Å². The third kappa shape index (κ3) is 4.32. The van der Waals surface area contributed by atoms with Crippen molar-refractivity contribution < 1.29 is 0 Å². The molecule has 0 bridgehead atoms. The molecule has 0 aromatic heterocycles. The van der Waals surface area contributed by atoms with Gasteiger partial charge in [-0.1, -0.05) is 50.6 Å². The Morgan fingerprint density at radius 1 is 1.15 bits per heavy atom. The molecule has 1 aromatic carbocycles. The van der Waals surface area contributed by atoms with Gasteiger partial charge >= 0.3 is 0 Å². The van der Waals surface area contributed by atoms with Crippen LogP contribution in [0.2, 0.25) is 0 Å². The number of benzene rings is 1. The van der Waals surface area contributed by atoms with Gasteiger partial charge in [-0.2, -0.15) is 0 Å². The molecule has 0 fully saturated rings. The van der Waals surface area contributed by atoms with E-state index in [1.54, 1.807) is 0 Å². The highest BCUT2D eigenvalue weighted by Crippen LogP contribution is 2.22. The smallest absolute Gasteiger partial charge is 0.0309 e. The van der Waals surface area contributed by atoms with Crippen molar-refractivity contribution in [3.63, 3.8) is 0 Å². The summed E-state index contributed by atoms with van der Waals surface area (Å²) >= 11 is 0. The highest BCUT2D eigenvalue weighted by molar-refractivity contribution is 5.23. The zero-order chi connectivity index (χ0) is 15.2. The average molecular weight is 276 g/mol. The summed E-state index contributed by atoms with van der Waals surface area (Å²) in [6.45, 7) is 16.8. The van der Waals surface area contributed by atoms with Gasteiger partial charge in [-0.25, -0.2) is 0 Å². The third-order valence-corrected chi connectivity index (χ3v) is 4.40. The largest absolute Gasteiger partial charge is 0.312 e. The molecule has 0 aliphatic heterocycles. The van der Waals surface area contributed by atoms with Crippen molar-refractivity contribution in [1.82, 2.24) is 10.2 Å². The average Bonchev–Trinajstić information content (AvgIpc) is 2.39. The summed E-state index contributed by atoms with van der Waals surface area (Å²) in [7, 11) is 0. The molecular formula is C18H32N2. The molecule has 1 rings (SSSR count). The van der Waals surface area contributed by atoms with Gasteiger partial charge < -0.3 is 5.32 Å². The number of aryl methyl sites for hydroxylation is 1. The zero-order valence-corrected chi connectivity index (χ0v) is 14.2. The van der Waals surface area contributed by atoms with Crippen LogP contribution in [0.15, 0.2) is 24.3 Å². The first kappa shape index (κ1) is 17.2. The van der Waals surface area contributed by atoms with Gasteiger partial charge in [0.2, 0.25) is 0 Å². The minimum atomic E-state index is 0.156. The Kier molecular flexibility index (Phi) is 6.70. The molecule has 0 heterocycles. The molecule has 0 aliphatic rings. The van der Waals surface area contributed by atoms with Gasteiger partial charge in [0.1, 0.15) is 0 Å². The topological polar surface area (TPSA) is 15.3 Å². The Morgan fingerprint density at radius 2 is 1.80 bits per heavy atom. The van der Waals surface area contributed by atoms with E-state index in [4.69, 9.17) is 0 Å². The molecule has 20 heavy (non-hydrogen) atoms. The van der Waals surface area contributed by atoms with E-state index in [-0.39, 0.29) is 5.54 Å². The number of rotatable bonds is 8. The van der Waals surface area contributed by atoms with Gasteiger partial charge in [-0.3, -0.25) is 4.90 Å².